The van der Waals surface area contributed by atoms with Crippen LogP contribution in [0.2, 0.25) is 10.0 Å². The van der Waals surface area contributed by atoms with Crippen molar-refractivity contribution in [2.24, 2.45) is 0 Å². The number of hydrogen-bond acceptors (Lipinski definition) is 10. The minimum atomic E-state index is -1.15. The Hall–Kier alpha value is -4.01. The van der Waals surface area contributed by atoms with Gasteiger partial charge in [0.25, 0.3) is 5.91 Å². The molecule has 2 aromatic heterocycles. The van der Waals surface area contributed by atoms with Crippen molar-refractivity contribution in [3.05, 3.63) is 57.7 Å². The summed E-state index contributed by atoms with van der Waals surface area (Å²) in [4.78, 5) is 40.7. The number of amides is 3. The molecule has 47 heavy (non-hydrogen) atoms. The second-order valence-corrected chi connectivity index (χ2v) is 13.5. The standard InChI is InChI=1S/C31H37Cl2FN6O7/c1-17(24-20(32)8-9-21(34)25(24)33)45-23-14-22(27(41)36-18-15-35-39(16-18)19-10-12-44-13-11-19)37-38-26(23)40(28(42)46-30(2,3)4)29(43)47-31(5,6)7/h8-9,14-17,19H,10-13H2,1-7H3,(H,36,41). The quantitative estimate of drug-likeness (QED) is 0.246. The smallest absolute Gasteiger partial charge is 0.425 e. The maximum atomic E-state index is 14.4. The molecule has 4 rings (SSSR count). The zero-order valence-corrected chi connectivity index (χ0v) is 28.6. The fourth-order valence-corrected chi connectivity index (χ4v) is 5.17. The number of hydrogen-bond donors (Lipinski definition) is 1. The lowest BCUT2D eigenvalue weighted by molar-refractivity contribution is 0.0425. The molecule has 1 N–H and O–H groups in total. The van der Waals surface area contributed by atoms with Crippen LogP contribution in [-0.4, -0.2) is 62.5 Å². The Bertz CT molecular complexity index is 1610. The number of ether oxygens (including phenoxy) is 4. The first-order chi connectivity index (χ1) is 21.9. The number of carbonyl (C=O) groups excluding carboxylic acids is 3. The van der Waals surface area contributed by atoms with E-state index in [9.17, 15) is 18.8 Å². The van der Waals surface area contributed by atoms with Gasteiger partial charge in [-0.2, -0.15) is 10.00 Å². The van der Waals surface area contributed by atoms with Crippen LogP contribution >= 0.6 is 23.2 Å². The van der Waals surface area contributed by atoms with Crippen molar-refractivity contribution in [1.82, 2.24) is 20.0 Å². The Morgan fingerprint density at radius 1 is 1.04 bits per heavy atom. The van der Waals surface area contributed by atoms with E-state index in [1.807, 2.05) is 0 Å². The van der Waals surface area contributed by atoms with E-state index in [0.29, 0.717) is 23.8 Å². The van der Waals surface area contributed by atoms with Crippen molar-refractivity contribution in [1.29, 1.82) is 0 Å². The highest BCUT2D eigenvalue weighted by Gasteiger charge is 2.37. The van der Waals surface area contributed by atoms with Crippen molar-refractivity contribution >= 4 is 52.8 Å². The molecule has 1 aliphatic rings. The molecule has 16 heteroatoms. The molecular formula is C31H37Cl2FN6O7. The number of halogens is 3. The molecule has 0 saturated carbocycles. The highest BCUT2D eigenvalue weighted by Crippen LogP contribution is 2.38. The predicted molar refractivity (Wildman–Crippen MR) is 172 cm³/mol. The Morgan fingerprint density at radius 2 is 1.66 bits per heavy atom. The van der Waals surface area contributed by atoms with E-state index in [1.54, 1.807) is 52.4 Å². The van der Waals surface area contributed by atoms with Gasteiger partial charge in [-0.05, 0) is 73.4 Å². The van der Waals surface area contributed by atoms with E-state index in [-0.39, 0.29) is 33.1 Å². The monoisotopic (exact) mass is 694 g/mol. The summed E-state index contributed by atoms with van der Waals surface area (Å²) in [6.07, 6.45) is 1.36. The summed E-state index contributed by atoms with van der Waals surface area (Å²) < 4.78 is 38.6. The van der Waals surface area contributed by atoms with Crippen LogP contribution in [0.25, 0.3) is 0 Å². The largest absolute Gasteiger partial charge is 0.482 e. The van der Waals surface area contributed by atoms with Gasteiger partial charge in [0.2, 0.25) is 5.82 Å². The number of benzene rings is 1. The summed E-state index contributed by atoms with van der Waals surface area (Å²) in [7, 11) is 0. The molecule has 0 radical (unpaired) electrons. The average molecular weight is 696 g/mol. The lowest BCUT2D eigenvalue weighted by atomic mass is 10.1. The maximum absolute atomic E-state index is 14.4. The average Bonchev–Trinajstić information content (AvgIpc) is 3.43. The summed E-state index contributed by atoms with van der Waals surface area (Å²) in [5.41, 5.74) is -1.85. The number of carbonyl (C=O) groups is 3. The van der Waals surface area contributed by atoms with Crippen molar-refractivity contribution in [3.63, 3.8) is 0 Å². The van der Waals surface area contributed by atoms with Gasteiger partial charge in [0.1, 0.15) is 23.1 Å². The number of nitrogens with zero attached hydrogens (tertiary/aromatic N) is 5. The molecule has 1 unspecified atom stereocenters. The lowest BCUT2D eigenvalue weighted by Crippen LogP contribution is -2.44. The van der Waals surface area contributed by atoms with Crippen LogP contribution in [0.3, 0.4) is 0 Å². The van der Waals surface area contributed by atoms with E-state index >= 15 is 0 Å². The van der Waals surface area contributed by atoms with E-state index in [1.165, 1.54) is 25.3 Å². The Morgan fingerprint density at radius 3 is 2.26 bits per heavy atom. The van der Waals surface area contributed by atoms with Crippen LogP contribution in [0.1, 0.15) is 89.5 Å². The molecule has 13 nitrogen and oxygen atoms in total. The van der Waals surface area contributed by atoms with Crippen molar-refractivity contribution in [2.75, 3.05) is 23.4 Å². The summed E-state index contributed by atoms with van der Waals surface area (Å²) in [5.74, 6) is -2.20. The molecule has 254 valence electrons. The minimum absolute atomic E-state index is 0.0729. The van der Waals surface area contributed by atoms with Gasteiger partial charge in [-0.3, -0.25) is 9.48 Å². The predicted octanol–water partition coefficient (Wildman–Crippen LogP) is 7.54. The molecule has 0 spiro atoms. The molecule has 3 amide bonds. The zero-order valence-electron chi connectivity index (χ0n) is 27.1. The molecule has 3 aromatic rings. The molecule has 0 aliphatic carbocycles. The highest BCUT2D eigenvalue weighted by atomic mass is 35.5. The molecule has 1 atom stereocenters. The van der Waals surface area contributed by atoms with Crippen molar-refractivity contribution < 1.29 is 37.7 Å². The fraction of sp³-hybridized carbons (Fsp3) is 0.484. The Kier molecular flexibility index (Phi) is 11.0. The van der Waals surface area contributed by atoms with E-state index in [2.05, 4.69) is 20.6 Å². The van der Waals surface area contributed by atoms with E-state index in [0.717, 1.165) is 18.9 Å². The van der Waals surface area contributed by atoms with E-state index < -0.39 is 47.0 Å². The molecule has 1 saturated heterocycles. The SMILES string of the molecule is CC(Oc1cc(C(=O)Nc2cnn(C3CCOCC3)c2)nnc1N(C(=O)OC(C)(C)C)C(=O)OC(C)(C)C)c1c(Cl)ccc(F)c1Cl. The first-order valence-corrected chi connectivity index (χ1v) is 15.6. The molecule has 1 aromatic carbocycles. The molecular weight excluding hydrogens is 658 g/mol. The third-order valence-corrected chi connectivity index (χ3v) is 7.26. The zero-order chi connectivity index (χ0) is 34.7. The van der Waals surface area contributed by atoms with Gasteiger partial charge in [-0.15, -0.1) is 10.2 Å². The number of nitrogens with one attached hydrogen (secondary N) is 1. The van der Waals surface area contributed by atoms with Gasteiger partial charge in [0, 0.05) is 36.1 Å². The molecule has 0 bridgehead atoms. The van der Waals surface area contributed by atoms with Gasteiger partial charge in [-0.25, -0.2) is 14.0 Å². The number of imide groups is 1. The first kappa shape index (κ1) is 35.8. The third kappa shape index (κ3) is 9.30. The topological polar surface area (TPSA) is 147 Å². The fourth-order valence-electron chi connectivity index (χ4n) is 4.50. The summed E-state index contributed by atoms with van der Waals surface area (Å²) >= 11 is 12.6. The number of rotatable bonds is 7. The van der Waals surface area contributed by atoms with Crippen LogP contribution in [0.5, 0.6) is 5.75 Å². The molecule has 1 fully saturated rings. The maximum Gasteiger partial charge on any atom is 0.425 e. The van der Waals surface area contributed by atoms with Crippen LogP contribution in [0.15, 0.2) is 30.6 Å². The van der Waals surface area contributed by atoms with Crippen molar-refractivity contribution in [3.8, 4) is 5.75 Å². The van der Waals surface area contributed by atoms with Crippen LogP contribution in [0.4, 0.5) is 25.5 Å². The van der Waals surface area contributed by atoms with Gasteiger partial charge in [-0.1, -0.05) is 23.2 Å². The summed E-state index contributed by atoms with van der Waals surface area (Å²) in [6, 6.07) is 3.69. The number of anilines is 2. The third-order valence-electron chi connectivity index (χ3n) is 6.55. The minimum Gasteiger partial charge on any atom is -0.482 e. The highest BCUT2D eigenvalue weighted by molar-refractivity contribution is 6.36. The van der Waals surface area contributed by atoms with Crippen molar-refractivity contribution in [2.45, 2.75) is 84.7 Å². The molecule has 1 aliphatic heterocycles. The normalized spacial score (nSPS) is 14.7. The second-order valence-electron chi connectivity index (χ2n) is 12.7. The van der Waals surface area contributed by atoms with E-state index in [4.69, 9.17) is 42.1 Å². The van der Waals surface area contributed by atoms with Gasteiger partial charge in [0.05, 0.1) is 22.9 Å². The van der Waals surface area contributed by atoms with Gasteiger partial charge >= 0.3 is 12.2 Å². The Balaban J connectivity index is 1.75. The Labute approximate surface area is 281 Å². The van der Waals surface area contributed by atoms with Gasteiger partial charge in [0.15, 0.2) is 11.4 Å². The lowest BCUT2D eigenvalue weighted by Gasteiger charge is -2.29. The van der Waals surface area contributed by atoms with Crippen LogP contribution in [-0.2, 0) is 14.2 Å². The first-order valence-electron chi connectivity index (χ1n) is 14.8. The molecule has 3 heterocycles. The summed E-state index contributed by atoms with van der Waals surface area (Å²) in [5, 5.41) is 14.9. The van der Waals surface area contributed by atoms with Crippen LogP contribution in [0, 0.1) is 5.82 Å². The van der Waals surface area contributed by atoms with Crippen LogP contribution < -0.4 is 15.0 Å². The van der Waals surface area contributed by atoms with Gasteiger partial charge < -0.3 is 24.3 Å². The summed E-state index contributed by atoms with van der Waals surface area (Å²) in [6.45, 7) is 12.4. The second kappa shape index (κ2) is 14.4. The number of aromatic nitrogens is 4.